The summed E-state index contributed by atoms with van der Waals surface area (Å²) in [5.41, 5.74) is 3.62. The number of carbonyl (C=O) groups is 2. The normalized spacial score (nSPS) is 16.5. The van der Waals surface area contributed by atoms with Gasteiger partial charge in [0, 0.05) is 17.5 Å². The van der Waals surface area contributed by atoms with E-state index in [1.165, 1.54) is 0 Å². The number of hydrogen-bond donors (Lipinski definition) is 3. The van der Waals surface area contributed by atoms with Gasteiger partial charge in [-0.2, -0.15) is 0 Å². The summed E-state index contributed by atoms with van der Waals surface area (Å²) in [4.78, 5) is 29.9. The second-order valence-electron chi connectivity index (χ2n) is 7.00. The van der Waals surface area contributed by atoms with Gasteiger partial charge in [-0.1, -0.05) is 78.9 Å². The van der Waals surface area contributed by atoms with E-state index in [-0.39, 0.29) is 6.42 Å². The van der Waals surface area contributed by atoms with Crippen molar-refractivity contribution in [1.29, 1.82) is 0 Å². The van der Waals surface area contributed by atoms with Crippen LogP contribution in [0.3, 0.4) is 0 Å². The smallest absolute Gasteiger partial charge is 0.269 e. The van der Waals surface area contributed by atoms with Gasteiger partial charge >= 0.3 is 0 Å². The topological polar surface area (TPSA) is 90.8 Å². The number of benzodiazepines with no additional fused rings is 1. The van der Waals surface area contributed by atoms with Crippen LogP contribution in [0.1, 0.15) is 16.7 Å². The van der Waals surface area contributed by atoms with Crippen molar-refractivity contribution in [2.24, 2.45) is 4.99 Å². The molecule has 0 radical (unpaired) electrons. The maximum absolute atomic E-state index is 12.8. The molecule has 3 N–H and O–H groups in total. The number of amides is 2. The fraction of sp³-hybridized carbons (Fsp3) is 0.125. The Balaban J connectivity index is 1.61. The van der Waals surface area contributed by atoms with Gasteiger partial charge in [-0.15, -0.1) is 0 Å². The molecule has 2 atom stereocenters. The lowest BCUT2D eigenvalue weighted by Crippen LogP contribution is -2.47. The molecule has 0 aromatic heterocycles. The molecular weight excluding hydrogens is 378 g/mol. The van der Waals surface area contributed by atoms with Crippen LogP contribution < -0.4 is 10.6 Å². The Morgan fingerprint density at radius 3 is 2.33 bits per heavy atom. The Bertz CT molecular complexity index is 1080. The standard InChI is InChI=1S/C24H21N3O3/c28-20(15-16-9-3-1-4-10-16)23(29)27-22-24(30)25-19-14-8-7-13-18(19)21(26-22)17-11-5-2-6-12-17/h1-14,20,22,28H,15H2,(H,25,30)(H,27,29). The number of nitrogens with zero attached hydrogens (tertiary/aromatic N) is 1. The highest BCUT2D eigenvalue weighted by atomic mass is 16.3. The summed E-state index contributed by atoms with van der Waals surface area (Å²) in [6.07, 6.45) is -2.30. The summed E-state index contributed by atoms with van der Waals surface area (Å²) in [7, 11) is 0. The third-order valence-corrected chi connectivity index (χ3v) is 4.85. The van der Waals surface area contributed by atoms with Crippen LogP contribution in [0.25, 0.3) is 0 Å². The average molecular weight is 399 g/mol. The number of para-hydroxylation sites is 1. The number of nitrogens with one attached hydrogen (secondary N) is 2. The van der Waals surface area contributed by atoms with Crippen molar-refractivity contribution in [1.82, 2.24) is 5.32 Å². The van der Waals surface area contributed by atoms with Crippen LogP contribution in [0.4, 0.5) is 5.69 Å². The lowest BCUT2D eigenvalue weighted by Gasteiger charge is -2.16. The van der Waals surface area contributed by atoms with Crippen molar-refractivity contribution in [3.8, 4) is 0 Å². The lowest BCUT2D eigenvalue weighted by molar-refractivity contribution is -0.132. The molecule has 1 aliphatic heterocycles. The predicted molar refractivity (Wildman–Crippen MR) is 115 cm³/mol. The number of aliphatic imine (C=N–C) groups is 1. The molecule has 0 spiro atoms. The van der Waals surface area contributed by atoms with E-state index in [9.17, 15) is 14.7 Å². The number of rotatable bonds is 5. The van der Waals surface area contributed by atoms with Gasteiger partial charge in [0.1, 0.15) is 6.10 Å². The van der Waals surface area contributed by atoms with E-state index in [1.807, 2.05) is 78.9 Å². The lowest BCUT2D eigenvalue weighted by atomic mass is 10.0. The molecule has 2 amide bonds. The minimum atomic E-state index is -1.29. The first kappa shape index (κ1) is 19.5. The van der Waals surface area contributed by atoms with E-state index >= 15 is 0 Å². The van der Waals surface area contributed by atoms with Crippen LogP contribution >= 0.6 is 0 Å². The van der Waals surface area contributed by atoms with Crippen molar-refractivity contribution < 1.29 is 14.7 Å². The Kier molecular flexibility index (Phi) is 5.68. The first-order chi connectivity index (χ1) is 14.6. The average Bonchev–Trinajstić information content (AvgIpc) is 2.91. The SMILES string of the molecule is O=C(NC1N=C(c2ccccc2)c2ccccc2NC1=O)C(O)Cc1ccccc1. The summed E-state index contributed by atoms with van der Waals surface area (Å²) in [5, 5.41) is 15.7. The highest BCUT2D eigenvalue weighted by Crippen LogP contribution is 2.23. The first-order valence-electron chi connectivity index (χ1n) is 9.67. The quantitative estimate of drug-likeness (QED) is 0.616. The van der Waals surface area contributed by atoms with Gasteiger partial charge in [-0.05, 0) is 11.6 Å². The summed E-state index contributed by atoms with van der Waals surface area (Å²) in [5.74, 6) is -1.12. The molecule has 0 aliphatic carbocycles. The number of carbonyl (C=O) groups excluding carboxylic acids is 2. The minimum absolute atomic E-state index is 0.149. The number of aliphatic hydroxyl groups excluding tert-OH is 1. The van der Waals surface area contributed by atoms with Gasteiger partial charge in [0.25, 0.3) is 11.8 Å². The van der Waals surface area contributed by atoms with E-state index in [4.69, 9.17) is 0 Å². The Labute approximate surface area is 174 Å². The second-order valence-corrected chi connectivity index (χ2v) is 7.00. The molecule has 2 unspecified atom stereocenters. The fourth-order valence-electron chi connectivity index (χ4n) is 3.34. The minimum Gasteiger partial charge on any atom is -0.383 e. The zero-order valence-electron chi connectivity index (χ0n) is 16.2. The summed E-state index contributed by atoms with van der Waals surface area (Å²) >= 11 is 0. The number of benzene rings is 3. The molecule has 0 bridgehead atoms. The summed E-state index contributed by atoms with van der Waals surface area (Å²) < 4.78 is 0. The number of hydrogen-bond acceptors (Lipinski definition) is 4. The zero-order valence-corrected chi connectivity index (χ0v) is 16.2. The van der Waals surface area contributed by atoms with Crippen molar-refractivity contribution >= 4 is 23.2 Å². The molecule has 6 heteroatoms. The number of aliphatic hydroxyl groups is 1. The summed E-state index contributed by atoms with van der Waals surface area (Å²) in [6, 6.07) is 26.0. The zero-order chi connectivity index (χ0) is 20.9. The highest BCUT2D eigenvalue weighted by molar-refractivity contribution is 6.19. The molecule has 4 rings (SSSR count). The molecule has 150 valence electrons. The van der Waals surface area contributed by atoms with Gasteiger partial charge in [-0.25, -0.2) is 4.99 Å². The summed E-state index contributed by atoms with van der Waals surface area (Å²) in [6.45, 7) is 0. The molecule has 0 saturated carbocycles. The van der Waals surface area contributed by atoms with Crippen molar-refractivity contribution in [2.45, 2.75) is 18.7 Å². The molecule has 1 heterocycles. The van der Waals surface area contributed by atoms with E-state index in [0.29, 0.717) is 11.4 Å². The maximum Gasteiger partial charge on any atom is 0.269 e. The molecular formula is C24H21N3O3. The Hall–Kier alpha value is -3.77. The van der Waals surface area contributed by atoms with E-state index in [2.05, 4.69) is 15.6 Å². The molecule has 1 aliphatic rings. The Morgan fingerprint density at radius 1 is 0.967 bits per heavy atom. The monoisotopic (exact) mass is 399 g/mol. The third kappa shape index (κ3) is 4.29. The van der Waals surface area contributed by atoms with Gasteiger partial charge in [-0.3, -0.25) is 9.59 Å². The maximum atomic E-state index is 12.8. The number of fused-ring (bicyclic) bond motifs is 1. The second kappa shape index (κ2) is 8.71. The largest absolute Gasteiger partial charge is 0.383 e. The molecule has 0 fully saturated rings. The van der Waals surface area contributed by atoms with Crippen molar-refractivity contribution in [3.05, 3.63) is 102 Å². The van der Waals surface area contributed by atoms with Crippen molar-refractivity contribution in [2.75, 3.05) is 5.32 Å². The fourth-order valence-corrected chi connectivity index (χ4v) is 3.34. The van der Waals surface area contributed by atoms with Crippen molar-refractivity contribution in [3.63, 3.8) is 0 Å². The van der Waals surface area contributed by atoms with E-state index < -0.39 is 24.1 Å². The van der Waals surface area contributed by atoms with Gasteiger partial charge in [0.05, 0.1) is 11.4 Å². The van der Waals surface area contributed by atoms with Gasteiger partial charge in [0.15, 0.2) is 0 Å². The van der Waals surface area contributed by atoms with Crippen LogP contribution in [0.5, 0.6) is 0 Å². The molecule has 3 aromatic rings. The number of anilines is 1. The molecule has 30 heavy (non-hydrogen) atoms. The van der Waals surface area contributed by atoms with Crippen LogP contribution in [0, 0.1) is 0 Å². The molecule has 0 saturated heterocycles. The van der Waals surface area contributed by atoms with Gasteiger partial charge < -0.3 is 15.7 Å². The van der Waals surface area contributed by atoms with Crippen LogP contribution in [-0.2, 0) is 16.0 Å². The Morgan fingerprint density at radius 2 is 1.60 bits per heavy atom. The van der Waals surface area contributed by atoms with Crippen LogP contribution in [-0.4, -0.2) is 34.9 Å². The van der Waals surface area contributed by atoms with Crippen LogP contribution in [0.2, 0.25) is 0 Å². The third-order valence-electron chi connectivity index (χ3n) is 4.85. The predicted octanol–water partition coefficient (Wildman–Crippen LogP) is 2.52. The molecule has 6 nitrogen and oxygen atoms in total. The van der Waals surface area contributed by atoms with E-state index in [0.717, 1.165) is 16.7 Å². The molecule has 3 aromatic carbocycles. The first-order valence-corrected chi connectivity index (χ1v) is 9.67. The van der Waals surface area contributed by atoms with E-state index in [1.54, 1.807) is 6.07 Å². The highest BCUT2D eigenvalue weighted by Gasteiger charge is 2.28. The van der Waals surface area contributed by atoms with Crippen LogP contribution in [0.15, 0.2) is 89.9 Å². The van der Waals surface area contributed by atoms with Gasteiger partial charge in [0.2, 0.25) is 6.17 Å².